The molecular formula is C17H29N3OS. The van der Waals surface area contributed by atoms with Crippen molar-refractivity contribution in [2.75, 3.05) is 13.1 Å². The molecule has 0 saturated carbocycles. The minimum absolute atomic E-state index is 0.156. The number of aromatic nitrogens is 1. The highest BCUT2D eigenvalue weighted by Gasteiger charge is 2.31. The molecule has 1 aliphatic heterocycles. The van der Waals surface area contributed by atoms with Gasteiger partial charge in [-0.15, -0.1) is 11.3 Å². The molecule has 1 amide bonds. The molecule has 2 N–H and O–H groups in total. The van der Waals surface area contributed by atoms with E-state index in [9.17, 15) is 4.79 Å². The van der Waals surface area contributed by atoms with E-state index in [0.717, 1.165) is 30.2 Å². The van der Waals surface area contributed by atoms with Gasteiger partial charge in [0.05, 0.1) is 5.54 Å². The lowest BCUT2D eigenvalue weighted by molar-refractivity contribution is -0.124. The number of amides is 1. The number of nitrogens with one attached hydrogen (secondary N) is 2. The zero-order valence-electron chi connectivity index (χ0n) is 14.2. The fraction of sp³-hybridized carbons (Fsp3) is 0.765. The molecule has 1 aromatic rings. The second-order valence-electron chi connectivity index (χ2n) is 6.80. The van der Waals surface area contributed by atoms with Crippen LogP contribution in [-0.2, 0) is 10.3 Å². The van der Waals surface area contributed by atoms with Crippen molar-refractivity contribution in [2.24, 2.45) is 11.8 Å². The van der Waals surface area contributed by atoms with Crippen LogP contribution < -0.4 is 10.6 Å². The van der Waals surface area contributed by atoms with Crippen molar-refractivity contribution in [1.29, 1.82) is 0 Å². The molecule has 0 radical (unpaired) electrons. The van der Waals surface area contributed by atoms with Crippen LogP contribution in [0.2, 0.25) is 0 Å². The van der Waals surface area contributed by atoms with Gasteiger partial charge in [-0.05, 0) is 58.0 Å². The lowest BCUT2D eigenvalue weighted by atomic mass is 9.84. The second-order valence-corrected chi connectivity index (χ2v) is 7.65. The Morgan fingerprint density at radius 2 is 2.23 bits per heavy atom. The first-order valence-electron chi connectivity index (χ1n) is 8.39. The van der Waals surface area contributed by atoms with Gasteiger partial charge in [0, 0.05) is 17.5 Å². The third kappa shape index (κ3) is 4.29. The third-order valence-corrected chi connectivity index (χ3v) is 6.13. The quantitative estimate of drug-likeness (QED) is 0.845. The van der Waals surface area contributed by atoms with Crippen LogP contribution >= 0.6 is 11.3 Å². The second kappa shape index (κ2) is 7.55. The van der Waals surface area contributed by atoms with E-state index in [2.05, 4.69) is 36.4 Å². The van der Waals surface area contributed by atoms with Gasteiger partial charge in [-0.3, -0.25) is 4.79 Å². The van der Waals surface area contributed by atoms with E-state index in [0.29, 0.717) is 18.3 Å². The summed E-state index contributed by atoms with van der Waals surface area (Å²) < 4.78 is 0. The Hall–Kier alpha value is -0.940. The van der Waals surface area contributed by atoms with Crippen molar-refractivity contribution >= 4 is 17.2 Å². The molecule has 1 aliphatic rings. The zero-order valence-corrected chi connectivity index (χ0v) is 15.1. The summed E-state index contributed by atoms with van der Waals surface area (Å²) in [5.41, 5.74) is 0.682. The summed E-state index contributed by atoms with van der Waals surface area (Å²) in [4.78, 5) is 17.1. The molecule has 4 nitrogen and oxygen atoms in total. The van der Waals surface area contributed by atoms with Crippen LogP contribution in [0, 0.1) is 18.8 Å². The minimum Gasteiger partial charge on any atom is -0.344 e. The van der Waals surface area contributed by atoms with Gasteiger partial charge in [-0.1, -0.05) is 13.8 Å². The maximum Gasteiger partial charge on any atom is 0.221 e. The van der Waals surface area contributed by atoms with E-state index in [4.69, 9.17) is 0 Å². The Balaban J connectivity index is 1.94. The molecule has 2 unspecified atom stereocenters. The Labute approximate surface area is 138 Å². The van der Waals surface area contributed by atoms with E-state index >= 15 is 0 Å². The average Bonchev–Trinajstić information content (AvgIpc) is 2.95. The summed E-state index contributed by atoms with van der Waals surface area (Å²) in [6.45, 7) is 10.6. The smallest absolute Gasteiger partial charge is 0.221 e. The number of piperidine rings is 1. The van der Waals surface area contributed by atoms with E-state index in [1.54, 1.807) is 11.3 Å². The van der Waals surface area contributed by atoms with Crippen LogP contribution in [0.15, 0.2) is 5.38 Å². The molecule has 2 atom stereocenters. The van der Waals surface area contributed by atoms with E-state index in [-0.39, 0.29) is 11.4 Å². The van der Waals surface area contributed by atoms with Crippen molar-refractivity contribution in [3.63, 3.8) is 0 Å². The molecule has 5 heteroatoms. The van der Waals surface area contributed by atoms with Crippen molar-refractivity contribution in [3.8, 4) is 0 Å². The Kier molecular flexibility index (Phi) is 5.98. The Bertz CT molecular complexity index is 496. The Morgan fingerprint density at radius 1 is 1.55 bits per heavy atom. The summed E-state index contributed by atoms with van der Waals surface area (Å²) in [5, 5.41) is 9.68. The van der Waals surface area contributed by atoms with E-state index < -0.39 is 0 Å². The molecule has 0 aromatic carbocycles. The van der Waals surface area contributed by atoms with E-state index in [1.807, 2.05) is 12.3 Å². The standard InChI is InChI=1S/C17H29N3OS/c1-5-17(4,16-19-13(3)11-22-16)20-15(21)10-12(2)14-6-8-18-9-7-14/h11-12,14,18H,5-10H2,1-4H3,(H,20,21). The van der Waals surface area contributed by atoms with Crippen molar-refractivity contribution in [2.45, 2.75) is 58.9 Å². The molecule has 1 fully saturated rings. The maximum atomic E-state index is 12.5. The number of nitrogens with zero attached hydrogens (tertiary/aromatic N) is 1. The molecular weight excluding hydrogens is 294 g/mol. The molecule has 0 bridgehead atoms. The molecule has 2 rings (SSSR count). The van der Waals surface area contributed by atoms with Crippen LogP contribution in [0.3, 0.4) is 0 Å². The highest BCUT2D eigenvalue weighted by atomic mass is 32.1. The lowest BCUT2D eigenvalue weighted by Crippen LogP contribution is -2.44. The molecule has 2 heterocycles. The normalized spacial score (nSPS) is 20.4. The first kappa shape index (κ1) is 17.4. The third-order valence-electron chi connectivity index (χ3n) is 4.91. The lowest BCUT2D eigenvalue weighted by Gasteiger charge is -2.31. The summed E-state index contributed by atoms with van der Waals surface area (Å²) in [6.07, 6.45) is 3.84. The first-order valence-corrected chi connectivity index (χ1v) is 9.27. The predicted molar refractivity (Wildman–Crippen MR) is 92.0 cm³/mol. The number of rotatable bonds is 6. The summed E-state index contributed by atoms with van der Waals surface area (Å²) >= 11 is 1.64. The van der Waals surface area contributed by atoms with Gasteiger partial charge in [0.25, 0.3) is 0 Å². The van der Waals surface area contributed by atoms with E-state index in [1.165, 1.54) is 12.8 Å². The number of carbonyl (C=O) groups excluding carboxylic acids is 1. The average molecular weight is 324 g/mol. The Morgan fingerprint density at radius 3 is 2.77 bits per heavy atom. The van der Waals surface area contributed by atoms with Crippen LogP contribution in [0.25, 0.3) is 0 Å². The topological polar surface area (TPSA) is 54.0 Å². The SMILES string of the molecule is CCC(C)(NC(=O)CC(C)C1CCNCC1)c1nc(C)cs1. The van der Waals surface area contributed by atoms with Crippen molar-refractivity contribution < 1.29 is 4.79 Å². The molecule has 124 valence electrons. The van der Waals surface area contributed by atoms with Gasteiger partial charge in [-0.2, -0.15) is 0 Å². The largest absolute Gasteiger partial charge is 0.344 e. The van der Waals surface area contributed by atoms with Gasteiger partial charge in [0.2, 0.25) is 5.91 Å². The predicted octanol–water partition coefficient (Wildman–Crippen LogP) is 3.22. The molecule has 1 saturated heterocycles. The molecule has 0 spiro atoms. The first-order chi connectivity index (χ1) is 10.4. The highest BCUT2D eigenvalue weighted by Crippen LogP contribution is 2.29. The number of hydrogen-bond donors (Lipinski definition) is 2. The highest BCUT2D eigenvalue weighted by molar-refractivity contribution is 7.09. The van der Waals surface area contributed by atoms with Crippen LogP contribution in [-0.4, -0.2) is 24.0 Å². The zero-order chi connectivity index (χ0) is 16.2. The number of thiazole rings is 1. The van der Waals surface area contributed by atoms with Gasteiger partial charge in [0.15, 0.2) is 0 Å². The maximum absolute atomic E-state index is 12.5. The molecule has 0 aliphatic carbocycles. The van der Waals surface area contributed by atoms with Gasteiger partial charge in [0.1, 0.15) is 5.01 Å². The number of carbonyl (C=O) groups is 1. The van der Waals surface area contributed by atoms with Gasteiger partial charge >= 0.3 is 0 Å². The number of aryl methyl sites for hydroxylation is 1. The van der Waals surface area contributed by atoms with Crippen LogP contribution in [0.5, 0.6) is 0 Å². The van der Waals surface area contributed by atoms with Gasteiger partial charge in [-0.25, -0.2) is 4.98 Å². The van der Waals surface area contributed by atoms with Crippen molar-refractivity contribution in [1.82, 2.24) is 15.6 Å². The molecule has 1 aromatic heterocycles. The fourth-order valence-electron chi connectivity index (χ4n) is 3.13. The molecule has 22 heavy (non-hydrogen) atoms. The van der Waals surface area contributed by atoms with Crippen molar-refractivity contribution in [3.05, 3.63) is 16.1 Å². The van der Waals surface area contributed by atoms with Gasteiger partial charge < -0.3 is 10.6 Å². The summed E-state index contributed by atoms with van der Waals surface area (Å²) in [7, 11) is 0. The fourth-order valence-corrected chi connectivity index (χ4v) is 4.12. The number of hydrogen-bond acceptors (Lipinski definition) is 4. The monoisotopic (exact) mass is 323 g/mol. The summed E-state index contributed by atoms with van der Waals surface area (Å²) in [5.74, 6) is 1.27. The minimum atomic E-state index is -0.343. The van der Waals surface area contributed by atoms with Crippen LogP contribution in [0.1, 0.15) is 57.2 Å². The summed E-state index contributed by atoms with van der Waals surface area (Å²) in [6, 6.07) is 0. The van der Waals surface area contributed by atoms with Crippen LogP contribution in [0.4, 0.5) is 0 Å².